The lowest BCUT2D eigenvalue weighted by Gasteiger charge is -2.08. The summed E-state index contributed by atoms with van der Waals surface area (Å²) in [7, 11) is -3.68. The fraction of sp³-hybridized carbons (Fsp3) is 0.136. The van der Waals surface area contributed by atoms with E-state index in [1.54, 1.807) is 24.3 Å². The molecule has 0 aliphatic carbocycles. The summed E-state index contributed by atoms with van der Waals surface area (Å²) in [6.07, 6.45) is 0.612. The smallest absolute Gasteiger partial charge is 0.200 e. The van der Waals surface area contributed by atoms with Gasteiger partial charge in [0.15, 0.2) is 0 Å². The standard InChI is InChI=1S/C22H22N2O2S/c1-3-22(23-24-27(25,26)21-15-9-17(2)10-16-21)20-13-11-19(12-14-20)18-7-5-4-6-8-18/h4-16,24H,3H2,1-2H3/b23-22+. The van der Waals surface area contributed by atoms with Crippen molar-refractivity contribution < 1.29 is 8.42 Å². The molecule has 0 aliphatic heterocycles. The number of rotatable bonds is 6. The van der Waals surface area contributed by atoms with Gasteiger partial charge in [0.1, 0.15) is 0 Å². The van der Waals surface area contributed by atoms with Crippen molar-refractivity contribution in [1.29, 1.82) is 0 Å². The van der Waals surface area contributed by atoms with Crippen molar-refractivity contribution >= 4 is 15.7 Å². The molecule has 0 aromatic heterocycles. The van der Waals surface area contributed by atoms with Crippen LogP contribution in [-0.4, -0.2) is 14.1 Å². The highest BCUT2D eigenvalue weighted by molar-refractivity contribution is 7.89. The van der Waals surface area contributed by atoms with E-state index in [1.807, 2.05) is 56.3 Å². The lowest BCUT2D eigenvalue weighted by atomic mass is 10.0. The molecule has 0 unspecified atom stereocenters. The number of benzene rings is 3. The van der Waals surface area contributed by atoms with Gasteiger partial charge in [-0.2, -0.15) is 18.4 Å². The van der Waals surface area contributed by atoms with Crippen LogP contribution < -0.4 is 4.83 Å². The van der Waals surface area contributed by atoms with Gasteiger partial charge in [-0.05, 0) is 42.2 Å². The first-order valence-electron chi connectivity index (χ1n) is 8.80. The van der Waals surface area contributed by atoms with Crippen molar-refractivity contribution in [1.82, 2.24) is 4.83 Å². The van der Waals surface area contributed by atoms with Crippen LogP contribution in [0.3, 0.4) is 0 Å². The highest BCUT2D eigenvalue weighted by Crippen LogP contribution is 2.20. The lowest BCUT2D eigenvalue weighted by molar-refractivity contribution is 0.584. The summed E-state index contributed by atoms with van der Waals surface area (Å²) >= 11 is 0. The molecule has 0 amide bonds. The zero-order chi connectivity index (χ0) is 19.3. The van der Waals surface area contributed by atoms with Crippen molar-refractivity contribution in [2.45, 2.75) is 25.2 Å². The Morgan fingerprint density at radius 2 is 1.44 bits per heavy atom. The van der Waals surface area contributed by atoms with Crippen LogP contribution in [0.15, 0.2) is 88.9 Å². The second-order valence-corrected chi connectivity index (χ2v) is 7.92. The molecule has 0 bridgehead atoms. The first-order chi connectivity index (χ1) is 13.0. The summed E-state index contributed by atoms with van der Waals surface area (Å²) in [5.74, 6) is 0. The van der Waals surface area contributed by atoms with Gasteiger partial charge in [0.2, 0.25) is 0 Å². The second kappa shape index (κ2) is 8.18. The average Bonchev–Trinajstić information content (AvgIpc) is 2.70. The molecule has 3 aromatic rings. The highest BCUT2D eigenvalue weighted by atomic mass is 32.2. The number of hydrogen-bond acceptors (Lipinski definition) is 3. The van der Waals surface area contributed by atoms with Crippen LogP contribution in [0.5, 0.6) is 0 Å². The Morgan fingerprint density at radius 3 is 2.04 bits per heavy atom. The van der Waals surface area contributed by atoms with Crippen LogP contribution in [0.2, 0.25) is 0 Å². The van der Waals surface area contributed by atoms with E-state index in [0.29, 0.717) is 12.1 Å². The van der Waals surface area contributed by atoms with Gasteiger partial charge in [-0.3, -0.25) is 0 Å². The van der Waals surface area contributed by atoms with Gasteiger partial charge in [0, 0.05) is 0 Å². The Morgan fingerprint density at radius 1 is 0.852 bits per heavy atom. The molecule has 0 atom stereocenters. The molecule has 3 rings (SSSR count). The van der Waals surface area contributed by atoms with Gasteiger partial charge >= 0.3 is 0 Å². The molecule has 0 radical (unpaired) electrons. The van der Waals surface area contributed by atoms with Crippen LogP contribution in [-0.2, 0) is 10.0 Å². The van der Waals surface area contributed by atoms with Crippen LogP contribution in [0, 0.1) is 6.92 Å². The third-order valence-electron chi connectivity index (χ3n) is 4.29. The molecule has 0 saturated carbocycles. The summed E-state index contributed by atoms with van der Waals surface area (Å²) < 4.78 is 24.8. The topological polar surface area (TPSA) is 58.5 Å². The number of aryl methyl sites for hydroxylation is 1. The molecule has 0 saturated heterocycles. The Kier molecular flexibility index (Phi) is 5.72. The molecule has 138 valence electrons. The van der Waals surface area contributed by atoms with E-state index in [1.165, 1.54) is 0 Å². The summed E-state index contributed by atoms with van der Waals surface area (Å²) in [4.78, 5) is 2.55. The van der Waals surface area contributed by atoms with Crippen molar-refractivity contribution in [3.63, 3.8) is 0 Å². The predicted molar refractivity (Wildman–Crippen MR) is 110 cm³/mol. The number of hydrazone groups is 1. The van der Waals surface area contributed by atoms with E-state index in [4.69, 9.17) is 0 Å². The predicted octanol–water partition coefficient (Wildman–Crippen LogP) is 4.75. The maximum Gasteiger partial charge on any atom is 0.276 e. The van der Waals surface area contributed by atoms with Crippen LogP contribution >= 0.6 is 0 Å². The SMILES string of the molecule is CC/C(=N\NS(=O)(=O)c1ccc(C)cc1)c1ccc(-c2ccccc2)cc1. The zero-order valence-corrected chi connectivity index (χ0v) is 16.2. The first kappa shape index (κ1) is 18.9. The van der Waals surface area contributed by atoms with E-state index in [2.05, 4.69) is 22.1 Å². The summed E-state index contributed by atoms with van der Waals surface area (Å²) in [6, 6.07) is 24.7. The molecule has 0 aliphatic rings. The Labute approximate surface area is 160 Å². The number of sulfonamides is 1. The van der Waals surface area contributed by atoms with E-state index >= 15 is 0 Å². The zero-order valence-electron chi connectivity index (χ0n) is 15.4. The fourth-order valence-corrected chi connectivity index (χ4v) is 3.55. The summed E-state index contributed by atoms with van der Waals surface area (Å²) in [6.45, 7) is 3.86. The van der Waals surface area contributed by atoms with Crippen molar-refractivity contribution in [2.24, 2.45) is 5.10 Å². The molecule has 1 N–H and O–H groups in total. The monoisotopic (exact) mass is 378 g/mol. The third kappa shape index (κ3) is 4.63. The molecular formula is C22H22N2O2S. The molecule has 3 aromatic carbocycles. The van der Waals surface area contributed by atoms with Crippen molar-refractivity contribution in [3.8, 4) is 11.1 Å². The van der Waals surface area contributed by atoms with E-state index in [9.17, 15) is 8.42 Å². The van der Waals surface area contributed by atoms with Crippen LogP contribution in [0.25, 0.3) is 11.1 Å². The minimum atomic E-state index is -3.68. The Hall–Kier alpha value is -2.92. The molecule has 5 heteroatoms. The largest absolute Gasteiger partial charge is 0.276 e. The molecule has 0 spiro atoms. The van der Waals surface area contributed by atoms with Crippen LogP contribution in [0.4, 0.5) is 0 Å². The van der Waals surface area contributed by atoms with Gasteiger partial charge in [-0.25, -0.2) is 0 Å². The van der Waals surface area contributed by atoms with Gasteiger partial charge in [-0.15, -0.1) is 0 Å². The van der Waals surface area contributed by atoms with Crippen molar-refractivity contribution in [3.05, 3.63) is 90.0 Å². The number of nitrogens with one attached hydrogen (secondary N) is 1. The Balaban J connectivity index is 1.81. The summed E-state index contributed by atoms with van der Waals surface area (Å²) in [5, 5.41) is 4.16. The first-order valence-corrected chi connectivity index (χ1v) is 10.3. The minimum Gasteiger partial charge on any atom is -0.200 e. The molecule has 0 heterocycles. The molecule has 4 nitrogen and oxygen atoms in total. The van der Waals surface area contributed by atoms with Gasteiger partial charge in [0.25, 0.3) is 10.0 Å². The van der Waals surface area contributed by atoms with Gasteiger partial charge in [-0.1, -0.05) is 79.2 Å². The van der Waals surface area contributed by atoms with Crippen molar-refractivity contribution in [2.75, 3.05) is 0 Å². The molecule has 0 fully saturated rings. The normalized spacial score (nSPS) is 12.0. The molecular weight excluding hydrogens is 356 g/mol. The fourth-order valence-electron chi connectivity index (χ4n) is 2.72. The Bertz CT molecular complexity index is 1020. The number of nitrogens with zero attached hydrogens (tertiary/aromatic N) is 1. The maximum absolute atomic E-state index is 12.4. The second-order valence-electron chi connectivity index (χ2n) is 6.26. The van der Waals surface area contributed by atoms with E-state index in [0.717, 1.165) is 22.3 Å². The van der Waals surface area contributed by atoms with Gasteiger partial charge in [0.05, 0.1) is 10.6 Å². The van der Waals surface area contributed by atoms with Crippen LogP contribution in [0.1, 0.15) is 24.5 Å². The van der Waals surface area contributed by atoms with Gasteiger partial charge < -0.3 is 0 Å². The third-order valence-corrected chi connectivity index (χ3v) is 5.52. The summed E-state index contributed by atoms with van der Waals surface area (Å²) in [5.41, 5.74) is 4.83. The van der Waals surface area contributed by atoms with E-state index < -0.39 is 10.0 Å². The molecule has 27 heavy (non-hydrogen) atoms. The highest BCUT2D eigenvalue weighted by Gasteiger charge is 2.13. The lowest BCUT2D eigenvalue weighted by Crippen LogP contribution is -2.20. The number of hydrogen-bond donors (Lipinski definition) is 1. The van der Waals surface area contributed by atoms with E-state index in [-0.39, 0.29) is 4.90 Å². The maximum atomic E-state index is 12.4. The quantitative estimate of drug-likeness (QED) is 0.497. The average molecular weight is 378 g/mol. The minimum absolute atomic E-state index is 0.201.